The fourth-order valence-electron chi connectivity index (χ4n) is 1.32. The molecule has 0 aliphatic heterocycles. The molecular weight excluding hydrogens is 266 g/mol. The van der Waals surface area contributed by atoms with Crippen molar-refractivity contribution in [1.29, 1.82) is 0 Å². The highest BCUT2D eigenvalue weighted by atomic mass is 79.9. The summed E-state index contributed by atoms with van der Waals surface area (Å²) in [5.41, 5.74) is 6.92. The van der Waals surface area contributed by atoms with Gasteiger partial charge in [0.25, 0.3) is 0 Å². The maximum atomic E-state index is 5.81. The molecule has 3 heteroatoms. The minimum Gasteiger partial charge on any atom is -0.492 e. The lowest BCUT2D eigenvalue weighted by atomic mass is 10.1. The van der Waals surface area contributed by atoms with Gasteiger partial charge >= 0.3 is 0 Å². The molecule has 0 fully saturated rings. The third-order valence-corrected chi connectivity index (χ3v) is 3.05. The van der Waals surface area contributed by atoms with Crippen molar-refractivity contribution >= 4 is 15.9 Å². The molecule has 0 aliphatic carbocycles. The molecule has 0 saturated carbocycles. The number of hydrogen-bond acceptors (Lipinski definition) is 2. The summed E-state index contributed by atoms with van der Waals surface area (Å²) in [5, 5.41) is 0. The monoisotopic (exact) mass is 285 g/mol. The summed E-state index contributed by atoms with van der Waals surface area (Å²) in [4.78, 5) is 0. The Balaban J connectivity index is 2.61. The van der Waals surface area contributed by atoms with E-state index in [1.165, 1.54) is 0 Å². The lowest BCUT2D eigenvalue weighted by Crippen LogP contribution is -2.06. The molecule has 0 aliphatic rings. The first kappa shape index (κ1) is 13.5. The van der Waals surface area contributed by atoms with E-state index in [9.17, 15) is 0 Å². The third-order valence-electron chi connectivity index (χ3n) is 2.43. The van der Waals surface area contributed by atoms with Crippen molar-refractivity contribution in [1.82, 2.24) is 0 Å². The van der Waals surface area contributed by atoms with Crippen LogP contribution < -0.4 is 10.5 Å². The van der Waals surface area contributed by atoms with Gasteiger partial charge in [0.1, 0.15) is 5.75 Å². The molecule has 1 aromatic carbocycles. The van der Waals surface area contributed by atoms with Crippen LogP contribution in [0.2, 0.25) is 0 Å². The summed E-state index contributed by atoms with van der Waals surface area (Å²) in [7, 11) is 0. The molecule has 0 amide bonds. The van der Waals surface area contributed by atoms with Gasteiger partial charge in [0.15, 0.2) is 0 Å². The quantitative estimate of drug-likeness (QED) is 0.891. The normalized spacial score (nSPS) is 12.9. The van der Waals surface area contributed by atoms with Crippen LogP contribution in [0.1, 0.15) is 38.8 Å². The number of halogens is 1. The van der Waals surface area contributed by atoms with Gasteiger partial charge in [-0.25, -0.2) is 0 Å². The molecule has 0 aromatic heterocycles. The first-order chi connectivity index (χ1) is 7.50. The fourth-order valence-corrected chi connectivity index (χ4v) is 1.83. The molecule has 0 spiro atoms. The van der Waals surface area contributed by atoms with Crippen LogP contribution in [0.5, 0.6) is 5.75 Å². The van der Waals surface area contributed by atoms with Crippen LogP contribution in [-0.4, -0.2) is 6.61 Å². The Bertz CT molecular complexity index is 337. The largest absolute Gasteiger partial charge is 0.492 e. The third kappa shape index (κ3) is 4.14. The minimum absolute atomic E-state index is 0.0565. The van der Waals surface area contributed by atoms with Crippen LogP contribution in [0.3, 0.4) is 0 Å². The predicted molar refractivity (Wildman–Crippen MR) is 71.7 cm³/mol. The van der Waals surface area contributed by atoms with E-state index in [1.54, 1.807) is 0 Å². The molecule has 0 radical (unpaired) electrons. The summed E-state index contributed by atoms with van der Waals surface area (Å²) >= 11 is 3.50. The molecular formula is C13H20BrNO. The van der Waals surface area contributed by atoms with Gasteiger partial charge in [-0.15, -0.1) is 0 Å². The average molecular weight is 286 g/mol. The molecule has 0 heterocycles. The highest BCUT2D eigenvalue weighted by Crippen LogP contribution is 2.28. The van der Waals surface area contributed by atoms with Crippen molar-refractivity contribution in [2.75, 3.05) is 6.61 Å². The number of hydrogen-bond donors (Lipinski definition) is 1. The Morgan fingerprint density at radius 3 is 2.50 bits per heavy atom. The van der Waals surface area contributed by atoms with Crippen molar-refractivity contribution in [3.8, 4) is 5.75 Å². The van der Waals surface area contributed by atoms with Gasteiger partial charge in [0, 0.05) is 6.04 Å². The summed E-state index contributed by atoms with van der Waals surface area (Å²) < 4.78 is 6.67. The lowest BCUT2D eigenvalue weighted by molar-refractivity contribution is 0.288. The number of ether oxygens (including phenoxy) is 1. The Hall–Kier alpha value is -0.540. The zero-order chi connectivity index (χ0) is 12.1. The first-order valence-electron chi connectivity index (χ1n) is 5.68. The van der Waals surface area contributed by atoms with Crippen LogP contribution in [-0.2, 0) is 0 Å². The van der Waals surface area contributed by atoms with Gasteiger partial charge in [0.2, 0.25) is 0 Å². The van der Waals surface area contributed by atoms with E-state index in [2.05, 4.69) is 29.8 Å². The summed E-state index contributed by atoms with van der Waals surface area (Å²) in [5.74, 6) is 1.56. The van der Waals surface area contributed by atoms with E-state index in [4.69, 9.17) is 10.5 Å². The van der Waals surface area contributed by atoms with Gasteiger partial charge in [-0.2, -0.15) is 0 Å². The van der Waals surface area contributed by atoms with E-state index in [0.29, 0.717) is 5.92 Å². The van der Waals surface area contributed by atoms with Crippen molar-refractivity contribution in [2.24, 2.45) is 11.7 Å². The van der Waals surface area contributed by atoms with Crippen molar-refractivity contribution < 1.29 is 4.74 Å². The van der Waals surface area contributed by atoms with Crippen LogP contribution >= 0.6 is 15.9 Å². The maximum absolute atomic E-state index is 5.81. The standard InChI is InChI=1S/C13H20BrNO/c1-9(2)6-7-16-13-5-4-11(10(3)15)8-12(13)14/h4-5,8-10H,6-7,15H2,1-3H3/t10-/m0/s1. The second-order valence-electron chi connectivity index (χ2n) is 4.51. The molecule has 1 aromatic rings. The maximum Gasteiger partial charge on any atom is 0.133 e. The van der Waals surface area contributed by atoms with Crippen LogP contribution in [0.15, 0.2) is 22.7 Å². The average Bonchev–Trinajstić information content (AvgIpc) is 2.19. The molecule has 0 bridgehead atoms. The van der Waals surface area contributed by atoms with Crippen molar-refractivity contribution in [3.63, 3.8) is 0 Å². The molecule has 0 unspecified atom stereocenters. The Labute approximate surface area is 106 Å². The summed E-state index contributed by atoms with van der Waals surface area (Å²) in [6, 6.07) is 6.07. The lowest BCUT2D eigenvalue weighted by Gasteiger charge is -2.12. The van der Waals surface area contributed by atoms with E-state index >= 15 is 0 Å². The van der Waals surface area contributed by atoms with Crippen LogP contribution in [0.25, 0.3) is 0 Å². The summed E-state index contributed by atoms with van der Waals surface area (Å²) in [6.07, 6.45) is 1.07. The number of benzene rings is 1. The second kappa shape index (κ2) is 6.26. The first-order valence-corrected chi connectivity index (χ1v) is 6.48. The number of nitrogens with two attached hydrogens (primary N) is 1. The minimum atomic E-state index is 0.0565. The number of rotatable bonds is 5. The van der Waals surface area contributed by atoms with Crippen molar-refractivity contribution in [2.45, 2.75) is 33.2 Å². The van der Waals surface area contributed by atoms with Crippen molar-refractivity contribution in [3.05, 3.63) is 28.2 Å². The molecule has 16 heavy (non-hydrogen) atoms. The van der Waals surface area contributed by atoms with Gasteiger partial charge in [-0.3, -0.25) is 0 Å². The van der Waals surface area contributed by atoms with E-state index in [0.717, 1.165) is 28.8 Å². The van der Waals surface area contributed by atoms with E-state index in [-0.39, 0.29) is 6.04 Å². The fraction of sp³-hybridized carbons (Fsp3) is 0.538. The summed E-state index contributed by atoms with van der Waals surface area (Å²) in [6.45, 7) is 7.12. The molecule has 1 atom stereocenters. The smallest absolute Gasteiger partial charge is 0.133 e. The van der Waals surface area contributed by atoms with Crippen LogP contribution in [0.4, 0.5) is 0 Å². The molecule has 2 N–H and O–H groups in total. The second-order valence-corrected chi connectivity index (χ2v) is 5.36. The molecule has 90 valence electrons. The molecule has 2 nitrogen and oxygen atoms in total. The van der Waals surface area contributed by atoms with E-state index in [1.807, 2.05) is 25.1 Å². The zero-order valence-electron chi connectivity index (χ0n) is 10.2. The van der Waals surface area contributed by atoms with E-state index < -0.39 is 0 Å². The SMILES string of the molecule is CC(C)CCOc1ccc([C@H](C)N)cc1Br. The highest BCUT2D eigenvalue weighted by Gasteiger charge is 2.05. The van der Waals surface area contributed by atoms with Crippen LogP contribution in [0, 0.1) is 5.92 Å². The highest BCUT2D eigenvalue weighted by molar-refractivity contribution is 9.10. The van der Waals surface area contributed by atoms with Gasteiger partial charge in [-0.1, -0.05) is 19.9 Å². The zero-order valence-corrected chi connectivity index (χ0v) is 11.8. The topological polar surface area (TPSA) is 35.2 Å². The molecule has 0 saturated heterocycles. The van der Waals surface area contributed by atoms with Gasteiger partial charge in [-0.05, 0) is 52.9 Å². The van der Waals surface area contributed by atoms with Gasteiger partial charge in [0.05, 0.1) is 11.1 Å². The Morgan fingerprint density at radius 1 is 1.31 bits per heavy atom. The predicted octanol–water partition coefficient (Wildman–Crippen LogP) is 3.89. The Morgan fingerprint density at radius 2 is 2.00 bits per heavy atom. The van der Waals surface area contributed by atoms with Gasteiger partial charge < -0.3 is 10.5 Å². The molecule has 1 rings (SSSR count). The Kier molecular flexibility index (Phi) is 5.29.